The molecule has 0 radical (unpaired) electrons. The number of carbonyl (C=O) groups excluding carboxylic acids is 1. The first-order valence-corrected chi connectivity index (χ1v) is 7.92. The van der Waals surface area contributed by atoms with Gasteiger partial charge in [-0.15, -0.1) is 0 Å². The van der Waals surface area contributed by atoms with E-state index >= 15 is 0 Å². The first-order chi connectivity index (χ1) is 8.25. The minimum Gasteiger partial charge on any atom is -0.350 e. The maximum Gasteiger partial charge on any atom is 0.261 e. The van der Waals surface area contributed by atoms with Crippen molar-refractivity contribution in [1.82, 2.24) is 5.32 Å². The van der Waals surface area contributed by atoms with Crippen LogP contribution >= 0.6 is 10.7 Å². The van der Waals surface area contributed by atoms with Crippen molar-refractivity contribution in [3.63, 3.8) is 0 Å². The van der Waals surface area contributed by atoms with Crippen LogP contribution in [-0.2, 0) is 9.05 Å². The second-order valence-electron chi connectivity index (χ2n) is 4.20. The molecule has 1 atom stereocenters. The van der Waals surface area contributed by atoms with Crippen molar-refractivity contribution in [2.45, 2.75) is 38.1 Å². The monoisotopic (exact) mass is 289 g/mol. The fraction of sp³-hybridized carbons (Fsp3) is 0.417. The van der Waals surface area contributed by atoms with Crippen LogP contribution in [0.15, 0.2) is 23.1 Å². The number of hydrogen-bond donors (Lipinski definition) is 1. The molecular formula is C12H16ClNO3S. The van der Waals surface area contributed by atoms with E-state index in [2.05, 4.69) is 5.32 Å². The molecule has 1 amide bonds. The molecule has 1 N–H and O–H groups in total. The molecule has 0 aliphatic carbocycles. The minimum atomic E-state index is -3.75. The smallest absolute Gasteiger partial charge is 0.261 e. The summed E-state index contributed by atoms with van der Waals surface area (Å²) in [6.07, 6.45) is 0.832. The van der Waals surface area contributed by atoms with Crippen LogP contribution in [0.5, 0.6) is 0 Å². The summed E-state index contributed by atoms with van der Waals surface area (Å²) in [5.74, 6) is -0.208. The molecule has 1 unspecified atom stereocenters. The maximum absolute atomic E-state index is 11.9. The van der Waals surface area contributed by atoms with Gasteiger partial charge in [-0.05, 0) is 44.0 Å². The van der Waals surface area contributed by atoms with Crippen LogP contribution in [0.4, 0.5) is 0 Å². The second kappa shape index (κ2) is 5.71. The molecule has 6 heteroatoms. The van der Waals surface area contributed by atoms with E-state index in [0.717, 1.165) is 6.42 Å². The Morgan fingerprint density at radius 1 is 1.44 bits per heavy atom. The molecule has 1 rings (SSSR count). The predicted octanol–water partition coefficient (Wildman–Crippen LogP) is 2.45. The lowest BCUT2D eigenvalue weighted by atomic mass is 10.1. The topological polar surface area (TPSA) is 63.2 Å². The maximum atomic E-state index is 11.9. The van der Waals surface area contributed by atoms with Gasteiger partial charge in [-0.3, -0.25) is 4.79 Å². The zero-order valence-electron chi connectivity index (χ0n) is 10.5. The Kier molecular flexibility index (Phi) is 4.76. The molecule has 0 aliphatic rings. The van der Waals surface area contributed by atoms with Crippen LogP contribution in [0.1, 0.15) is 36.2 Å². The van der Waals surface area contributed by atoms with Gasteiger partial charge in [0.1, 0.15) is 0 Å². The largest absolute Gasteiger partial charge is 0.350 e. The Morgan fingerprint density at radius 3 is 2.50 bits per heavy atom. The van der Waals surface area contributed by atoms with Crippen molar-refractivity contribution < 1.29 is 13.2 Å². The summed E-state index contributed by atoms with van der Waals surface area (Å²) >= 11 is 0. The third-order valence-electron chi connectivity index (χ3n) is 2.71. The van der Waals surface area contributed by atoms with Gasteiger partial charge in [0, 0.05) is 22.3 Å². The number of rotatable bonds is 4. The van der Waals surface area contributed by atoms with Crippen molar-refractivity contribution in [2.24, 2.45) is 0 Å². The van der Waals surface area contributed by atoms with Gasteiger partial charge in [-0.25, -0.2) is 8.42 Å². The van der Waals surface area contributed by atoms with E-state index in [0.29, 0.717) is 11.1 Å². The van der Waals surface area contributed by atoms with Crippen LogP contribution in [0.2, 0.25) is 0 Å². The van der Waals surface area contributed by atoms with Gasteiger partial charge in [-0.1, -0.05) is 6.92 Å². The zero-order chi connectivity index (χ0) is 13.9. The van der Waals surface area contributed by atoms with Crippen molar-refractivity contribution in [2.75, 3.05) is 0 Å². The first kappa shape index (κ1) is 15.0. The number of hydrogen-bond acceptors (Lipinski definition) is 3. The fourth-order valence-electron chi connectivity index (χ4n) is 1.45. The summed E-state index contributed by atoms with van der Waals surface area (Å²) in [6.45, 7) is 5.56. The highest BCUT2D eigenvalue weighted by atomic mass is 35.7. The van der Waals surface area contributed by atoms with Crippen LogP contribution in [0.3, 0.4) is 0 Å². The molecule has 1 aromatic carbocycles. The standard InChI is InChI=1S/C12H16ClNO3S/c1-4-9(3)14-12(15)11-6-5-10(7-8(11)2)18(13,16)17/h5-7,9H,4H2,1-3H3,(H,14,15). The van der Waals surface area contributed by atoms with Gasteiger partial charge in [0.15, 0.2) is 0 Å². The van der Waals surface area contributed by atoms with Crippen LogP contribution in [0, 0.1) is 6.92 Å². The average molecular weight is 290 g/mol. The Balaban J connectivity index is 3.03. The molecule has 100 valence electrons. The first-order valence-electron chi connectivity index (χ1n) is 5.62. The lowest BCUT2D eigenvalue weighted by molar-refractivity contribution is 0.0938. The molecule has 1 aromatic rings. The van der Waals surface area contributed by atoms with Crippen molar-refractivity contribution in [3.8, 4) is 0 Å². The summed E-state index contributed by atoms with van der Waals surface area (Å²) in [5.41, 5.74) is 1.04. The second-order valence-corrected chi connectivity index (χ2v) is 6.76. The third kappa shape index (κ3) is 3.71. The van der Waals surface area contributed by atoms with Gasteiger partial charge in [0.05, 0.1) is 4.90 Å². The number of aryl methyl sites for hydroxylation is 1. The molecule has 0 saturated heterocycles. The number of carbonyl (C=O) groups is 1. The summed E-state index contributed by atoms with van der Waals surface area (Å²) in [4.78, 5) is 11.9. The molecule has 0 aliphatic heterocycles. The average Bonchev–Trinajstić information content (AvgIpc) is 2.27. The minimum absolute atomic E-state index is 0.00163. The fourth-order valence-corrected chi connectivity index (χ4v) is 2.28. The lowest BCUT2D eigenvalue weighted by Crippen LogP contribution is -2.32. The van der Waals surface area contributed by atoms with Crippen molar-refractivity contribution in [1.29, 1.82) is 0 Å². The molecule has 0 spiro atoms. The number of halogens is 1. The summed E-state index contributed by atoms with van der Waals surface area (Å²) in [5, 5.41) is 2.82. The summed E-state index contributed by atoms with van der Waals surface area (Å²) in [6, 6.07) is 4.28. The lowest BCUT2D eigenvalue weighted by Gasteiger charge is -2.13. The van der Waals surface area contributed by atoms with Gasteiger partial charge in [0.25, 0.3) is 15.0 Å². The van der Waals surface area contributed by atoms with Gasteiger partial charge >= 0.3 is 0 Å². The normalized spacial score (nSPS) is 13.1. The molecule has 0 fully saturated rings. The third-order valence-corrected chi connectivity index (χ3v) is 4.07. The van der Waals surface area contributed by atoms with Crippen molar-refractivity contribution in [3.05, 3.63) is 29.3 Å². The Bertz CT molecular complexity index is 554. The van der Waals surface area contributed by atoms with Gasteiger partial charge in [-0.2, -0.15) is 0 Å². The highest BCUT2D eigenvalue weighted by Gasteiger charge is 2.15. The highest BCUT2D eigenvalue weighted by Crippen LogP contribution is 2.19. The van der Waals surface area contributed by atoms with E-state index in [1.807, 2.05) is 13.8 Å². The summed E-state index contributed by atoms with van der Waals surface area (Å²) < 4.78 is 22.3. The number of nitrogens with one attached hydrogen (secondary N) is 1. The van der Waals surface area contributed by atoms with Crippen LogP contribution in [0.25, 0.3) is 0 Å². The SMILES string of the molecule is CCC(C)NC(=O)c1ccc(S(=O)(=O)Cl)cc1C. The van der Waals surface area contributed by atoms with E-state index in [-0.39, 0.29) is 16.8 Å². The van der Waals surface area contributed by atoms with E-state index in [1.54, 1.807) is 6.92 Å². The van der Waals surface area contributed by atoms with Crippen LogP contribution < -0.4 is 5.32 Å². The van der Waals surface area contributed by atoms with Gasteiger partial charge in [0.2, 0.25) is 0 Å². The van der Waals surface area contributed by atoms with Crippen LogP contribution in [-0.4, -0.2) is 20.4 Å². The number of benzene rings is 1. The van der Waals surface area contributed by atoms with E-state index in [9.17, 15) is 13.2 Å². The molecule has 18 heavy (non-hydrogen) atoms. The van der Waals surface area contributed by atoms with Gasteiger partial charge < -0.3 is 5.32 Å². The van der Waals surface area contributed by atoms with E-state index < -0.39 is 9.05 Å². The molecule has 0 heterocycles. The zero-order valence-corrected chi connectivity index (χ0v) is 12.1. The molecule has 0 aromatic heterocycles. The van der Waals surface area contributed by atoms with E-state index in [4.69, 9.17) is 10.7 Å². The molecule has 4 nitrogen and oxygen atoms in total. The Labute approximate surface area is 112 Å². The molecule has 0 saturated carbocycles. The predicted molar refractivity (Wildman–Crippen MR) is 71.4 cm³/mol. The highest BCUT2D eigenvalue weighted by molar-refractivity contribution is 8.13. The quantitative estimate of drug-likeness (QED) is 0.866. The van der Waals surface area contributed by atoms with Crippen molar-refractivity contribution >= 4 is 25.6 Å². The molecule has 0 bridgehead atoms. The number of amides is 1. The summed E-state index contributed by atoms with van der Waals surface area (Å²) in [7, 11) is 1.49. The van der Waals surface area contributed by atoms with E-state index in [1.165, 1.54) is 18.2 Å². The Hall–Kier alpha value is -1.07. The molecular weight excluding hydrogens is 274 g/mol. The Morgan fingerprint density at radius 2 is 2.06 bits per heavy atom.